The van der Waals surface area contributed by atoms with Crippen LogP contribution in [0.1, 0.15) is 11.3 Å². The molecule has 3 rings (SSSR count). The lowest BCUT2D eigenvalue weighted by molar-refractivity contribution is 0.477. The third-order valence-electron chi connectivity index (χ3n) is 3.12. The Labute approximate surface area is 110 Å². The van der Waals surface area contributed by atoms with Crippen LogP contribution in [0.3, 0.4) is 0 Å². The quantitative estimate of drug-likeness (QED) is 0.603. The molecule has 2 heterocycles. The molecule has 1 aromatic heterocycles. The van der Waals surface area contributed by atoms with Gasteiger partial charge in [-0.05, 0) is 25.1 Å². The summed E-state index contributed by atoms with van der Waals surface area (Å²) >= 11 is 0. The molecule has 0 bridgehead atoms. The first-order valence-electron chi connectivity index (χ1n) is 6.15. The molecule has 6 heteroatoms. The molecule has 0 unspecified atom stereocenters. The van der Waals surface area contributed by atoms with Gasteiger partial charge >= 0.3 is 0 Å². The van der Waals surface area contributed by atoms with Crippen LogP contribution in [-0.2, 0) is 13.0 Å². The second-order valence-electron chi connectivity index (χ2n) is 4.43. The van der Waals surface area contributed by atoms with Crippen LogP contribution < -0.4 is 16.4 Å². The number of benzene rings is 1. The lowest BCUT2D eigenvalue weighted by atomic mass is 10.1. The van der Waals surface area contributed by atoms with Gasteiger partial charge in [0.2, 0.25) is 5.95 Å². The summed E-state index contributed by atoms with van der Waals surface area (Å²) in [6.45, 7) is 1.59. The summed E-state index contributed by atoms with van der Waals surface area (Å²) in [7, 11) is 0. The number of fused-ring (bicyclic) bond motifs is 1. The van der Waals surface area contributed by atoms with E-state index in [2.05, 4.69) is 20.6 Å². The average Bonchev–Trinajstić information content (AvgIpc) is 2.42. The number of hydrogen-bond acceptors (Lipinski definition) is 6. The van der Waals surface area contributed by atoms with Crippen molar-refractivity contribution in [1.29, 1.82) is 0 Å². The normalized spacial score (nSPS) is 13.9. The Hall–Kier alpha value is -2.34. The van der Waals surface area contributed by atoms with E-state index in [4.69, 9.17) is 5.73 Å². The number of hydrogen-bond donors (Lipinski definition) is 4. The van der Waals surface area contributed by atoms with Crippen LogP contribution in [0, 0.1) is 0 Å². The van der Waals surface area contributed by atoms with Gasteiger partial charge in [0, 0.05) is 12.1 Å². The highest BCUT2D eigenvalue weighted by atomic mass is 16.3. The minimum absolute atomic E-state index is 0.153. The molecule has 0 radical (unpaired) electrons. The van der Waals surface area contributed by atoms with Crippen molar-refractivity contribution in [2.45, 2.75) is 13.0 Å². The number of nitrogen functional groups attached to an aromatic ring is 1. The maximum Gasteiger partial charge on any atom is 0.229 e. The number of anilines is 3. The molecule has 0 saturated heterocycles. The molecule has 1 aliphatic rings. The summed E-state index contributed by atoms with van der Waals surface area (Å²) in [6.07, 6.45) is 0.845. The van der Waals surface area contributed by atoms with Crippen LogP contribution >= 0.6 is 0 Å². The molecule has 98 valence electrons. The zero-order valence-corrected chi connectivity index (χ0v) is 10.3. The van der Waals surface area contributed by atoms with Crippen molar-refractivity contribution in [3.8, 4) is 5.75 Å². The molecule has 0 fully saturated rings. The first kappa shape index (κ1) is 11.7. The van der Waals surface area contributed by atoms with Gasteiger partial charge in [0.25, 0.3) is 0 Å². The largest absolute Gasteiger partial charge is 0.506 e. The van der Waals surface area contributed by atoms with E-state index in [9.17, 15) is 5.11 Å². The van der Waals surface area contributed by atoms with E-state index in [1.807, 2.05) is 6.07 Å². The smallest absolute Gasteiger partial charge is 0.229 e. The monoisotopic (exact) mass is 257 g/mol. The predicted octanol–water partition coefficient (Wildman–Crippen LogP) is 1.15. The fraction of sp³-hybridized carbons (Fsp3) is 0.231. The van der Waals surface area contributed by atoms with Gasteiger partial charge in [-0.3, -0.25) is 0 Å². The van der Waals surface area contributed by atoms with Crippen molar-refractivity contribution in [2.75, 3.05) is 17.6 Å². The van der Waals surface area contributed by atoms with E-state index in [1.165, 1.54) is 0 Å². The van der Waals surface area contributed by atoms with Gasteiger partial charge in [-0.2, -0.15) is 4.98 Å². The number of aromatic hydroxyl groups is 1. The second kappa shape index (κ2) is 4.74. The Morgan fingerprint density at radius 1 is 1.26 bits per heavy atom. The number of phenols is 1. The number of rotatable bonds is 2. The molecule has 19 heavy (non-hydrogen) atoms. The fourth-order valence-electron chi connectivity index (χ4n) is 2.14. The number of aromatic nitrogens is 2. The highest BCUT2D eigenvalue weighted by molar-refractivity contribution is 5.63. The van der Waals surface area contributed by atoms with Crippen molar-refractivity contribution in [3.63, 3.8) is 0 Å². The molecule has 2 aromatic rings. The molecule has 0 spiro atoms. The molecule has 0 saturated carbocycles. The molecule has 1 aromatic carbocycles. The van der Waals surface area contributed by atoms with Crippen molar-refractivity contribution in [3.05, 3.63) is 35.5 Å². The van der Waals surface area contributed by atoms with E-state index in [-0.39, 0.29) is 5.75 Å². The summed E-state index contributed by atoms with van der Waals surface area (Å²) in [5.41, 5.74) is 8.44. The van der Waals surface area contributed by atoms with Gasteiger partial charge in [0.1, 0.15) is 11.6 Å². The minimum Gasteiger partial charge on any atom is -0.506 e. The highest BCUT2D eigenvalue weighted by Gasteiger charge is 2.16. The molecule has 6 nitrogen and oxygen atoms in total. The summed E-state index contributed by atoms with van der Waals surface area (Å²) < 4.78 is 0. The van der Waals surface area contributed by atoms with Crippen LogP contribution in [0.4, 0.5) is 17.5 Å². The average molecular weight is 257 g/mol. The number of nitrogens with one attached hydrogen (secondary N) is 2. The van der Waals surface area contributed by atoms with Crippen molar-refractivity contribution in [1.82, 2.24) is 15.3 Å². The molecule has 0 aliphatic carbocycles. The zero-order valence-electron chi connectivity index (χ0n) is 10.3. The van der Waals surface area contributed by atoms with Gasteiger partial charge in [-0.1, -0.05) is 12.1 Å². The molecule has 0 atom stereocenters. The van der Waals surface area contributed by atoms with Crippen LogP contribution in [-0.4, -0.2) is 21.6 Å². The Balaban J connectivity index is 1.94. The van der Waals surface area contributed by atoms with E-state index >= 15 is 0 Å². The van der Waals surface area contributed by atoms with E-state index in [0.717, 1.165) is 24.2 Å². The van der Waals surface area contributed by atoms with E-state index in [0.29, 0.717) is 24.0 Å². The number of nitrogens with two attached hydrogens (primary N) is 1. The van der Waals surface area contributed by atoms with Crippen molar-refractivity contribution < 1.29 is 5.11 Å². The van der Waals surface area contributed by atoms with E-state index < -0.39 is 0 Å². The Kier molecular flexibility index (Phi) is 2.92. The molecule has 5 N–H and O–H groups in total. The van der Waals surface area contributed by atoms with Crippen molar-refractivity contribution >= 4 is 17.5 Å². The molecular formula is C13H15N5O. The fourth-order valence-corrected chi connectivity index (χ4v) is 2.14. The topological polar surface area (TPSA) is 96.1 Å². The first-order chi connectivity index (χ1) is 9.24. The standard InChI is InChI=1S/C13H15N5O/c14-12-8-5-6-15-7-10(8)17-13(18-12)16-9-3-1-2-4-11(9)19/h1-4,15,19H,5-7H2,(H3,14,16,17,18). The van der Waals surface area contributed by atoms with E-state index in [1.54, 1.807) is 18.2 Å². The summed E-state index contributed by atoms with van der Waals surface area (Å²) in [6, 6.07) is 6.94. The summed E-state index contributed by atoms with van der Waals surface area (Å²) in [4.78, 5) is 8.67. The molecular weight excluding hydrogens is 242 g/mol. The Bertz CT molecular complexity index is 614. The third-order valence-corrected chi connectivity index (χ3v) is 3.12. The van der Waals surface area contributed by atoms with Crippen LogP contribution in [0.2, 0.25) is 0 Å². The Morgan fingerprint density at radius 3 is 2.95 bits per heavy atom. The number of nitrogens with zero attached hydrogens (tertiary/aromatic N) is 2. The second-order valence-corrected chi connectivity index (χ2v) is 4.43. The Morgan fingerprint density at radius 2 is 2.11 bits per heavy atom. The van der Waals surface area contributed by atoms with Crippen LogP contribution in [0.15, 0.2) is 24.3 Å². The highest BCUT2D eigenvalue weighted by Crippen LogP contribution is 2.26. The number of para-hydroxylation sites is 2. The maximum atomic E-state index is 9.72. The third kappa shape index (κ3) is 2.30. The lowest BCUT2D eigenvalue weighted by Gasteiger charge is -2.18. The molecule has 1 aliphatic heterocycles. The summed E-state index contributed by atoms with van der Waals surface area (Å²) in [5.74, 6) is 1.06. The SMILES string of the molecule is Nc1nc(Nc2ccccc2O)nc2c1CCNC2. The van der Waals surface area contributed by atoms with Gasteiger partial charge in [0.15, 0.2) is 0 Å². The summed E-state index contributed by atoms with van der Waals surface area (Å²) in [5, 5.41) is 15.9. The minimum atomic E-state index is 0.153. The van der Waals surface area contributed by atoms with Gasteiger partial charge in [-0.25, -0.2) is 4.98 Å². The predicted molar refractivity (Wildman–Crippen MR) is 73.2 cm³/mol. The van der Waals surface area contributed by atoms with Gasteiger partial charge < -0.3 is 21.5 Å². The lowest BCUT2D eigenvalue weighted by Crippen LogP contribution is -2.26. The van der Waals surface area contributed by atoms with Crippen LogP contribution in [0.25, 0.3) is 0 Å². The van der Waals surface area contributed by atoms with Gasteiger partial charge in [-0.15, -0.1) is 0 Å². The number of phenolic OH excluding ortho intramolecular Hbond substituents is 1. The van der Waals surface area contributed by atoms with Crippen molar-refractivity contribution in [2.24, 2.45) is 0 Å². The molecule has 0 amide bonds. The van der Waals surface area contributed by atoms with Gasteiger partial charge in [0.05, 0.1) is 11.4 Å². The maximum absolute atomic E-state index is 9.72. The first-order valence-corrected chi connectivity index (χ1v) is 6.15. The zero-order chi connectivity index (χ0) is 13.2. The van der Waals surface area contributed by atoms with Crippen LogP contribution in [0.5, 0.6) is 5.75 Å².